The fourth-order valence-corrected chi connectivity index (χ4v) is 8.22. The summed E-state index contributed by atoms with van der Waals surface area (Å²) in [6.45, 7) is 0. The number of rotatable bonds is 4. The summed E-state index contributed by atoms with van der Waals surface area (Å²) in [5.41, 5.74) is 14.4. The van der Waals surface area contributed by atoms with Gasteiger partial charge in [-0.2, -0.15) is 0 Å². The lowest BCUT2D eigenvalue weighted by Crippen LogP contribution is -2.28. The summed E-state index contributed by atoms with van der Waals surface area (Å²) in [5.74, 6) is 0. The minimum absolute atomic E-state index is 0.459. The van der Waals surface area contributed by atoms with E-state index in [1.807, 2.05) is 0 Å². The third-order valence-electron chi connectivity index (χ3n) is 10.3. The van der Waals surface area contributed by atoms with Gasteiger partial charge in [-0.3, -0.25) is 0 Å². The van der Waals surface area contributed by atoms with E-state index in [-0.39, 0.29) is 0 Å². The van der Waals surface area contributed by atoms with Gasteiger partial charge in [0.2, 0.25) is 0 Å². The van der Waals surface area contributed by atoms with Crippen LogP contribution in [-0.4, -0.2) is 9.97 Å². The highest BCUT2D eigenvalue weighted by Gasteiger charge is 2.46. The van der Waals surface area contributed by atoms with Gasteiger partial charge in [-0.1, -0.05) is 164 Å². The van der Waals surface area contributed by atoms with Crippen LogP contribution < -0.4 is 0 Å². The van der Waals surface area contributed by atoms with Crippen molar-refractivity contribution in [3.8, 4) is 33.5 Å². The van der Waals surface area contributed by atoms with Crippen LogP contribution >= 0.6 is 0 Å². The van der Waals surface area contributed by atoms with Crippen molar-refractivity contribution in [1.29, 1.82) is 0 Å². The van der Waals surface area contributed by atoms with Gasteiger partial charge in [-0.05, 0) is 57.1 Å². The van der Waals surface area contributed by atoms with Crippen molar-refractivity contribution in [2.45, 2.75) is 5.41 Å². The van der Waals surface area contributed by atoms with Crippen LogP contribution in [0, 0.1) is 0 Å². The topological polar surface area (TPSA) is 25.8 Å². The Morgan fingerprint density at radius 1 is 0.388 bits per heavy atom. The zero-order valence-corrected chi connectivity index (χ0v) is 26.7. The molecule has 10 rings (SSSR count). The molecule has 0 spiro atoms. The first-order valence-corrected chi connectivity index (χ1v) is 16.8. The van der Waals surface area contributed by atoms with E-state index in [0.29, 0.717) is 0 Å². The van der Waals surface area contributed by atoms with Crippen LogP contribution in [-0.2, 0) is 5.41 Å². The second-order valence-corrected chi connectivity index (χ2v) is 12.9. The molecule has 2 aromatic heterocycles. The van der Waals surface area contributed by atoms with Gasteiger partial charge in [0.05, 0.1) is 27.7 Å². The quantitative estimate of drug-likeness (QED) is 0.144. The summed E-state index contributed by atoms with van der Waals surface area (Å²) in [5, 5.41) is 3.33. The highest BCUT2D eigenvalue weighted by molar-refractivity contribution is 6.16. The Labute approximate surface area is 285 Å². The second kappa shape index (κ2) is 10.8. The molecule has 0 saturated carbocycles. The molecule has 0 saturated heterocycles. The van der Waals surface area contributed by atoms with E-state index >= 15 is 0 Å². The SMILES string of the molecule is c1ccc(-c2c3ccccc3nc3c2ccc2ccc(-c4ccc5c(c4)C(c4ccccc4)(c4ccccc4)c4ccccc4-5)nc23)cc1. The molecule has 0 aliphatic heterocycles. The van der Waals surface area contributed by atoms with Crippen LogP contribution in [0.4, 0.5) is 0 Å². The third-order valence-corrected chi connectivity index (χ3v) is 10.3. The molecule has 1 aliphatic rings. The molecular formula is C47H30N2. The Bertz CT molecular complexity index is 2660. The number of hydrogen-bond acceptors (Lipinski definition) is 2. The molecule has 2 heterocycles. The van der Waals surface area contributed by atoms with E-state index in [1.54, 1.807) is 0 Å². The molecule has 0 radical (unpaired) electrons. The molecule has 2 nitrogen and oxygen atoms in total. The molecule has 0 bridgehead atoms. The van der Waals surface area contributed by atoms with Crippen LogP contribution in [0.3, 0.4) is 0 Å². The average molecular weight is 623 g/mol. The van der Waals surface area contributed by atoms with Crippen molar-refractivity contribution >= 4 is 32.7 Å². The Balaban J connectivity index is 1.24. The fraction of sp³-hybridized carbons (Fsp3) is 0.0213. The normalized spacial score (nSPS) is 13.1. The van der Waals surface area contributed by atoms with E-state index in [9.17, 15) is 0 Å². The van der Waals surface area contributed by atoms with Gasteiger partial charge in [0, 0.05) is 27.3 Å². The Kier molecular flexibility index (Phi) is 6.13. The third kappa shape index (κ3) is 4.07. The monoisotopic (exact) mass is 622 g/mol. The molecule has 0 atom stereocenters. The molecule has 1 aliphatic carbocycles. The lowest BCUT2D eigenvalue weighted by atomic mass is 9.67. The molecule has 9 aromatic rings. The molecule has 2 heteroatoms. The number of fused-ring (bicyclic) bond motifs is 7. The van der Waals surface area contributed by atoms with Crippen LogP contribution in [0.25, 0.3) is 66.2 Å². The Morgan fingerprint density at radius 2 is 1.02 bits per heavy atom. The van der Waals surface area contributed by atoms with Crippen LogP contribution in [0.1, 0.15) is 22.3 Å². The standard InChI is InChI=1S/C47H30N2/c1-4-14-31(15-5-1)44-38-21-11-13-23-43(38)49-46-39(44)28-24-32-26-29-42(48-45(32)46)33-25-27-37-36-20-10-12-22-40(36)47(41(37)30-33,34-16-6-2-7-17-34)35-18-8-3-9-19-35/h1-30H. The van der Waals surface area contributed by atoms with Gasteiger partial charge in [-0.15, -0.1) is 0 Å². The highest BCUT2D eigenvalue weighted by atomic mass is 14.8. The smallest absolute Gasteiger partial charge is 0.0978 e. The average Bonchev–Trinajstić information content (AvgIpc) is 3.48. The second-order valence-electron chi connectivity index (χ2n) is 12.9. The summed E-state index contributed by atoms with van der Waals surface area (Å²) in [7, 11) is 0. The zero-order chi connectivity index (χ0) is 32.4. The predicted octanol–water partition coefficient (Wildman–Crippen LogP) is 11.6. The van der Waals surface area contributed by atoms with Crippen molar-refractivity contribution in [3.63, 3.8) is 0 Å². The zero-order valence-electron chi connectivity index (χ0n) is 26.7. The van der Waals surface area contributed by atoms with E-state index in [1.165, 1.54) is 44.5 Å². The number of pyridine rings is 2. The number of nitrogens with zero attached hydrogens (tertiary/aromatic N) is 2. The predicted molar refractivity (Wildman–Crippen MR) is 203 cm³/mol. The molecule has 49 heavy (non-hydrogen) atoms. The molecule has 0 fully saturated rings. The summed E-state index contributed by atoms with van der Waals surface area (Å²) in [4.78, 5) is 10.7. The van der Waals surface area contributed by atoms with E-state index in [2.05, 4.69) is 182 Å². The van der Waals surface area contributed by atoms with Gasteiger partial charge in [0.15, 0.2) is 0 Å². The van der Waals surface area contributed by atoms with Crippen molar-refractivity contribution in [2.75, 3.05) is 0 Å². The summed E-state index contributed by atoms with van der Waals surface area (Å²) < 4.78 is 0. The lowest BCUT2D eigenvalue weighted by molar-refractivity contribution is 0.768. The van der Waals surface area contributed by atoms with Crippen molar-refractivity contribution in [3.05, 3.63) is 204 Å². The first-order valence-electron chi connectivity index (χ1n) is 16.8. The van der Waals surface area contributed by atoms with Gasteiger partial charge in [-0.25, -0.2) is 9.97 Å². The maximum Gasteiger partial charge on any atom is 0.0978 e. The van der Waals surface area contributed by atoms with Crippen LogP contribution in [0.2, 0.25) is 0 Å². The molecular weight excluding hydrogens is 593 g/mol. The van der Waals surface area contributed by atoms with Crippen LogP contribution in [0.15, 0.2) is 182 Å². The van der Waals surface area contributed by atoms with Crippen molar-refractivity contribution < 1.29 is 0 Å². The largest absolute Gasteiger partial charge is 0.245 e. The van der Waals surface area contributed by atoms with Crippen molar-refractivity contribution in [1.82, 2.24) is 9.97 Å². The maximum atomic E-state index is 5.42. The number of benzene rings is 7. The van der Waals surface area contributed by atoms with E-state index in [4.69, 9.17) is 9.97 Å². The minimum atomic E-state index is -0.459. The number of hydrogen-bond donors (Lipinski definition) is 0. The lowest BCUT2D eigenvalue weighted by Gasteiger charge is -2.34. The number of aromatic nitrogens is 2. The molecule has 0 N–H and O–H groups in total. The van der Waals surface area contributed by atoms with Crippen LogP contribution in [0.5, 0.6) is 0 Å². The summed E-state index contributed by atoms with van der Waals surface area (Å²) in [6, 6.07) is 65.5. The van der Waals surface area contributed by atoms with E-state index in [0.717, 1.165) is 44.0 Å². The maximum absolute atomic E-state index is 5.42. The molecule has 228 valence electrons. The molecule has 0 unspecified atom stereocenters. The highest BCUT2D eigenvalue weighted by Crippen LogP contribution is 2.56. The first kappa shape index (κ1) is 27.7. The van der Waals surface area contributed by atoms with Gasteiger partial charge < -0.3 is 0 Å². The van der Waals surface area contributed by atoms with Crippen molar-refractivity contribution in [2.24, 2.45) is 0 Å². The van der Waals surface area contributed by atoms with E-state index < -0.39 is 5.41 Å². The number of para-hydroxylation sites is 1. The fourth-order valence-electron chi connectivity index (χ4n) is 8.22. The van der Waals surface area contributed by atoms with Gasteiger partial charge in [0.1, 0.15) is 0 Å². The summed E-state index contributed by atoms with van der Waals surface area (Å²) in [6.07, 6.45) is 0. The summed E-state index contributed by atoms with van der Waals surface area (Å²) >= 11 is 0. The minimum Gasteiger partial charge on any atom is -0.245 e. The Hall–Kier alpha value is -6.38. The van der Waals surface area contributed by atoms with Gasteiger partial charge in [0.25, 0.3) is 0 Å². The first-order chi connectivity index (χ1) is 24.3. The Morgan fingerprint density at radius 3 is 1.80 bits per heavy atom. The van der Waals surface area contributed by atoms with Gasteiger partial charge >= 0.3 is 0 Å². The molecule has 7 aromatic carbocycles. The molecule has 0 amide bonds.